The van der Waals surface area contributed by atoms with Crippen LogP contribution in [0.15, 0.2) is 59.7 Å². The summed E-state index contributed by atoms with van der Waals surface area (Å²) in [5, 5.41) is 12.3. The number of amidine groups is 1. The molecule has 1 atom stereocenters. The summed E-state index contributed by atoms with van der Waals surface area (Å²) in [6, 6.07) is 17.9. The molecule has 0 spiro atoms. The maximum Gasteiger partial charge on any atom is 0.272 e. The molecule has 10 nitrogen and oxygen atoms in total. The van der Waals surface area contributed by atoms with E-state index >= 15 is 0 Å². The van der Waals surface area contributed by atoms with Gasteiger partial charge in [0, 0.05) is 12.5 Å². The molecule has 38 heavy (non-hydrogen) atoms. The maximum absolute atomic E-state index is 13.6. The van der Waals surface area contributed by atoms with E-state index in [2.05, 4.69) is 39.0 Å². The summed E-state index contributed by atoms with van der Waals surface area (Å²) in [5.41, 5.74) is 11.7. The van der Waals surface area contributed by atoms with Gasteiger partial charge in [-0.2, -0.15) is 5.10 Å². The van der Waals surface area contributed by atoms with Crippen molar-refractivity contribution < 1.29 is 14.3 Å². The van der Waals surface area contributed by atoms with E-state index in [1.807, 2.05) is 47.1 Å². The predicted molar refractivity (Wildman–Crippen MR) is 146 cm³/mol. The molecule has 0 unspecified atom stereocenters. The zero-order valence-corrected chi connectivity index (χ0v) is 21.9. The summed E-state index contributed by atoms with van der Waals surface area (Å²) in [6.45, 7) is 0. The number of nitrogens with zero attached hydrogens (tertiary/aromatic N) is 3. The number of hydrazine groups is 2. The fourth-order valence-electron chi connectivity index (χ4n) is 5.25. The molecular formula is C28H35N7O3. The second kappa shape index (κ2) is 12.0. The van der Waals surface area contributed by atoms with Crippen LogP contribution in [0.3, 0.4) is 0 Å². The van der Waals surface area contributed by atoms with Gasteiger partial charge in [-0.05, 0) is 49.4 Å². The number of hydrazone groups is 1. The number of hydrogen-bond donors (Lipinski definition) is 4. The van der Waals surface area contributed by atoms with Crippen LogP contribution in [0.5, 0.6) is 11.5 Å². The van der Waals surface area contributed by atoms with Crippen molar-refractivity contribution in [1.29, 1.82) is 0 Å². The first kappa shape index (κ1) is 25.6. The third kappa shape index (κ3) is 5.75. The number of methoxy groups -OCH3 is 2. The minimum Gasteiger partial charge on any atom is -0.496 e. The van der Waals surface area contributed by atoms with Crippen molar-refractivity contribution in [3.63, 3.8) is 0 Å². The van der Waals surface area contributed by atoms with Crippen molar-refractivity contribution in [3.8, 4) is 22.8 Å². The number of ether oxygens (including phenoxy) is 2. The fourth-order valence-corrected chi connectivity index (χ4v) is 5.25. The molecule has 1 saturated carbocycles. The zero-order chi connectivity index (χ0) is 26.3. The highest BCUT2D eigenvalue weighted by Gasteiger charge is 2.28. The van der Waals surface area contributed by atoms with Gasteiger partial charge < -0.3 is 14.8 Å². The third-order valence-electron chi connectivity index (χ3n) is 7.18. The Morgan fingerprint density at radius 3 is 2.47 bits per heavy atom. The lowest BCUT2D eigenvalue weighted by Crippen LogP contribution is -2.41. The van der Waals surface area contributed by atoms with Crippen LogP contribution in [0, 0.1) is 0 Å². The quantitative estimate of drug-likeness (QED) is 0.307. The van der Waals surface area contributed by atoms with Gasteiger partial charge in [-0.15, -0.1) is 10.6 Å². The molecule has 3 aromatic rings. The highest BCUT2D eigenvalue weighted by atomic mass is 16.5. The van der Waals surface area contributed by atoms with Crippen molar-refractivity contribution in [2.75, 3.05) is 14.2 Å². The summed E-state index contributed by atoms with van der Waals surface area (Å²) in [5.74, 6) is 1.89. The molecule has 1 fully saturated rings. The van der Waals surface area contributed by atoms with Gasteiger partial charge in [0.2, 0.25) is 0 Å². The molecule has 2 aliphatic rings. The zero-order valence-electron chi connectivity index (χ0n) is 21.9. The van der Waals surface area contributed by atoms with E-state index in [4.69, 9.17) is 14.6 Å². The van der Waals surface area contributed by atoms with Crippen molar-refractivity contribution >= 4 is 11.7 Å². The average molecular weight is 518 g/mol. The Balaban J connectivity index is 1.43. The minimum atomic E-state index is -0.213. The molecular weight excluding hydrogens is 482 g/mol. The van der Waals surface area contributed by atoms with Crippen LogP contribution in [0.25, 0.3) is 11.3 Å². The van der Waals surface area contributed by atoms with Crippen molar-refractivity contribution in [3.05, 3.63) is 65.9 Å². The summed E-state index contributed by atoms with van der Waals surface area (Å²) >= 11 is 0. The highest BCUT2D eigenvalue weighted by Crippen LogP contribution is 2.41. The van der Waals surface area contributed by atoms with Crippen LogP contribution in [0.1, 0.15) is 60.6 Å². The van der Waals surface area contributed by atoms with E-state index in [9.17, 15) is 4.79 Å². The number of rotatable bonds is 11. The number of amides is 1. The van der Waals surface area contributed by atoms with Crippen LogP contribution in [0.2, 0.25) is 0 Å². The largest absolute Gasteiger partial charge is 0.496 e. The summed E-state index contributed by atoms with van der Waals surface area (Å²) in [4.78, 5) is 13.6. The topological polar surface area (TPSA) is 114 Å². The van der Waals surface area contributed by atoms with Gasteiger partial charge in [0.05, 0.1) is 31.5 Å². The second-order valence-electron chi connectivity index (χ2n) is 9.65. The summed E-state index contributed by atoms with van der Waals surface area (Å²) < 4.78 is 13.4. The Bertz CT molecular complexity index is 1250. The molecule has 1 amide bonds. The highest BCUT2D eigenvalue weighted by molar-refractivity contribution is 5.94. The molecule has 200 valence electrons. The molecule has 4 N–H and O–H groups in total. The molecule has 1 aliphatic carbocycles. The monoisotopic (exact) mass is 517 g/mol. The van der Waals surface area contributed by atoms with E-state index in [1.54, 1.807) is 14.2 Å². The molecule has 2 aromatic carbocycles. The summed E-state index contributed by atoms with van der Waals surface area (Å²) in [6.07, 6.45) is 6.49. The number of aromatic nitrogens is 2. The molecule has 1 aliphatic heterocycles. The van der Waals surface area contributed by atoms with Crippen molar-refractivity contribution in [2.24, 2.45) is 5.10 Å². The SMILES string of the molecule is COc1cccc(OC)c1-c1cc(C(=O)N[C@@H](CCc2ccccc2)CC2=NNNN2)nn1C1CCCC1. The molecule has 0 radical (unpaired) electrons. The number of aryl methyl sites for hydroxylation is 1. The molecule has 1 aromatic heterocycles. The van der Waals surface area contributed by atoms with Crippen molar-refractivity contribution in [2.45, 2.75) is 57.0 Å². The lowest BCUT2D eigenvalue weighted by atomic mass is 10.0. The van der Waals surface area contributed by atoms with Gasteiger partial charge >= 0.3 is 0 Å². The van der Waals surface area contributed by atoms with E-state index < -0.39 is 0 Å². The smallest absolute Gasteiger partial charge is 0.272 e. The normalized spacial score (nSPS) is 15.9. The number of nitrogens with one attached hydrogen (secondary N) is 4. The maximum atomic E-state index is 13.6. The van der Waals surface area contributed by atoms with Crippen LogP contribution < -0.4 is 31.3 Å². The Labute approximate surface area is 222 Å². The Kier molecular flexibility index (Phi) is 8.08. The standard InChI is InChI=1S/C28H35N7O3/c1-37-24-13-8-14-25(38-2)27(24)23-18-22(32-35(23)21-11-6-7-12-21)28(36)29-20(17-26-30-33-34-31-26)16-15-19-9-4-3-5-10-19/h3-5,8-10,13-14,18,20-21,33-34H,6-7,11-12,15-17H2,1-2H3,(H,29,36)(H,30,31)/t20-/m0/s1. The molecule has 10 heteroatoms. The summed E-state index contributed by atoms with van der Waals surface area (Å²) in [7, 11) is 3.28. The molecule has 2 heterocycles. The van der Waals surface area contributed by atoms with Crippen molar-refractivity contribution in [1.82, 2.24) is 31.6 Å². The van der Waals surface area contributed by atoms with Gasteiger partial charge in [-0.25, -0.2) is 5.53 Å². The Hall–Kier alpha value is -4.05. The Morgan fingerprint density at radius 2 is 1.82 bits per heavy atom. The molecule has 0 bridgehead atoms. The second-order valence-corrected chi connectivity index (χ2v) is 9.65. The van der Waals surface area contributed by atoms with Crippen LogP contribution in [-0.4, -0.2) is 41.8 Å². The van der Waals surface area contributed by atoms with Gasteiger partial charge in [-0.1, -0.05) is 49.2 Å². The van der Waals surface area contributed by atoms with Gasteiger partial charge in [0.1, 0.15) is 17.3 Å². The van der Waals surface area contributed by atoms with Crippen LogP contribution >= 0.6 is 0 Å². The van der Waals surface area contributed by atoms with Crippen LogP contribution in [0.4, 0.5) is 0 Å². The number of hydrogen-bond acceptors (Lipinski definition) is 8. The van der Waals surface area contributed by atoms with E-state index in [-0.39, 0.29) is 18.0 Å². The number of carbonyl (C=O) groups is 1. The lowest BCUT2D eigenvalue weighted by Gasteiger charge is -2.18. The first-order chi connectivity index (χ1) is 18.7. The third-order valence-corrected chi connectivity index (χ3v) is 7.18. The van der Waals surface area contributed by atoms with Gasteiger partial charge in [-0.3, -0.25) is 14.9 Å². The first-order valence-corrected chi connectivity index (χ1v) is 13.1. The Morgan fingerprint density at radius 1 is 1.08 bits per heavy atom. The van der Waals surface area contributed by atoms with E-state index in [0.717, 1.165) is 55.6 Å². The average Bonchev–Trinajstić information content (AvgIpc) is 3.74. The van der Waals surface area contributed by atoms with E-state index in [1.165, 1.54) is 5.56 Å². The first-order valence-electron chi connectivity index (χ1n) is 13.1. The minimum absolute atomic E-state index is 0.142. The van der Waals surface area contributed by atoms with E-state index in [0.29, 0.717) is 23.6 Å². The van der Waals surface area contributed by atoms with Gasteiger partial charge in [0.15, 0.2) is 5.69 Å². The predicted octanol–water partition coefficient (Wildman–Crippen LogP) is 3.73. The lowest BCUT2D eigenvalue weighted by molar-refractivity contribution is 0.0930. The molecule has 5 rings (SSSR count). The molecule has 0 saturated heterocycles. The van der Waals surface area contributed by atoms with Crippen LogP contribution in [-0.2, 0) is 6.42 Å². The van der Waals surface area contributed by atoms with Gasteiger partial charge in [0.25, 0.3) is 5.91 Å². The fraction of sp³-hybridized carbons (Fsp3) is 0.393. The number of carbonyl (C=O) groups excluding carboxylic acids is 1. The number of benzene rings is 2.